The first-order valence-corrected chi connectivity index (χ1v) is 11.3. The highest BCUT2D eigenvalue weighted by molar-refractivity contribution is 7.80. The van der Waals surface area contributed by atoms with Crippen LogP contribution >= 0.6 is 23.8 Å². The first kappa shape index (κ1) is 24.8. The Bertz CT molecular complexity index is 1150. The number of thiocarbonyl (C=S) groups is 1. The van der Waals surface area contributed by atoms with Gasteiger partial charge in [0.1, 0.15) is 0 Å². The average molecular weight is 490 g/mol. The normalized spacial score (nSPS) is 10.8. The summed E-state index contributed by atoms with van der Waals surface area (Å²) >= 11 is 11.7. The van der Waals surface area contributed by atoms with Crippen LogP contribution < -0.4 is 20.3 Å². The number of halogens is 1. The summed E-state index contributed by atoms with van der Waals surface area (Å²) in [5, 5.41) is 5.33. The number of benzene rings is 2. The molecule has 0 unspecified atom stereocenters. The van der Waals surface area contributed by atoms with Gasteiger partial charge in [0.05, 0.1) is 26.3 Å². The molecule has 0 amide bonds. The van der Waals surface area contributed by atoms with Crippen LogP contribution in [0.5, 0.6) is 11.5 Å². The molecule has 9 heteroatoms. The van der Waals surface area contributed by atoms with Crippen LogP contribution in [0.1, 0.15) is 17.5 Å². The Balaban J connectivity index is 1.89. The molecule has 1 aromatic heterocycles. The molecule has 33 heavy (non-hydrogen) atoms. The van der Waals surface area contributed by atoms with Crippen LogP contribution in [-0.2, 0) is 17.8 Å². The van der Waals surface area contributed by atoms with Gasteiger partial charge < -0.3 is 29.4 Å². The molecule has 3 aromatic rings. The van der Waals surface area contributed by atoms with E-state index in [1.807, 2.05) is 41.3 Å². The molecule has 0 spiro atoms. The van der Waals surface area contributed by atoms with Gasteiger partial charge in [-0.05, 0) is 48.5 Å². The van der Waals surface area contributed by atoms with E-state index in [4.69, 9.17) is 38.0 Å². The number of nitrogens with zero attached hydrogens (tertiary/aromatic N) is 1. The third kappa shape index (κ3) is 6.60. The van der Waals surface area contributed by atoms with Crippen LogP contribution in [0.2, 0.25) is 5.02 Å². The number of hydrogen-bond acceptors (Lipinski definition) is 5. The van der Waals surface area contributed by atoms with Crippen molar-refractivity contribution in [1.29, 1.82) is 0 Å². The van der Waals surface area contributed by atoms with Gasteiger partial charge in [-0.15, -0.1) is 0 Å². The van der Waals surface area contributed by atoms with Gasteiger partial charge in [-0.2, -0.15) is 0 Å². The van der Waals surface area contributed by atoms with Gasteiger partial charge in [-0.3, -0.25) is 4.79 Å². The number of H-pyrrole nitrogens is 1. The van der Waals surface area contributed by atoms with E-state index in [9.17, 15) is 4.79 Å². The molecule has 0 aliphatic rings. The summed E-state index contributed by atoms with van der Waals surface area (Å²) in [6, 6.07) is 13.0. The van der Waals surface area contributed by atoms with Gasteiger partial charge in [-0.25, -0.2) is 0 Å². The Labute approximate surface area is 203 Å². The molecular weight excluding hydrogens is 462 g/mol. The molecule has 0 saturated carbocycles. The average Bonchev–Trinajstić information content (AvgIpc) is 2.82. The molecule has 3 rings (SSSR count). The predicted octanol–water partition coefficient (Wildman–Crippen LogP) is 4.11. The molecule has 0 atom stereocenters. The van der Waals surface area contributed by atoms with Crippen molar-refractivity contribution in [3.63, 3.8) is 0 Å². The van der Waals surface area contributed by atoms with Crippen LogP contribution in [0.15, 0.2) is 47.3 Å². The van der Waals surface area contributed by atoms with E-state index in [0.717, 1.165) is 17.4 Å². The Morgan fingerprint density at radius 3 is 2.42 bits per heavy atom. The predicted molar refractivity (Wildman–Crippen MR) is 135 cm³/mol. The van der Waals surface area contributed by atoms with Gasteiger partial charge >= 0.3 is 0 Å². The van der Waals surface area contributed by atoms with Crippen LogP contribution in [0.4, 0.5) is 0 Å². The van der Waals surface area contributed by atoms with Gasteiger partial charge in [0.15, 0.2) is 16.6 Å². The Morgan fingerprint density at radius 1 is 1.06 bits per heavy atom. The maximum absolute atomic E-state index is 12.9. The fraction of sp³-hybridized carbons (Fsp3) is 0.333. The molecule has 0 aliphatic heterocycles. The summed E-state index contributed by atoms with van der Waals surface area (Å²) in [4.78, 5) is 17.8. The summed E-state index contributed by atoms with van der Waals surface area (Å²) < 4.78 is 15.9. The Hall–Kier alpha value is -2.81. The minimum absolute atomic E-state index is 0.182. The first-order valence-electron chi connectivity index (χ1n) is 10.5. The monoisotopic (exact) mass is 489 g/mol. The molecule has 0 fully saturated rings. The summed E-state index contributed by atoms with van der Waals surface area (Å²) in [6.07, 6.45) is 0.823. The quantitative estimate of drug-likeness (QED) is 0.328. The number of rotatable bonds is 10. The van der Waals surface area contributed by atoms with E-state index in [1.54, 1.807) is 27.4 Å². The third-order valence-corrected chi connectivity index (χ3v) is 5.82. The standard InChI is InChI=1S/C24H28ClN3O4S/c1-30-10-4-9-26-24(33)28(14-16-5-7-19(25)8-6-16)15-18-11-17-12-21(31-2)22(32-3)13-20(17)27-23(18)29/h5-8,11-13H,4,9-10,14-15H2,1-3H3,(H,26,33)(H,27,29). The van der Waals surface area contributed by atoms with Crippen LogP contribution in [0.3, 0.4) is 0 Å². The lowest BCUT2D eigenvalue weighted by atomic mass is 10.1. The smallest absolute Gasteiger partial charge is 0.253 e. The number of nitrogens with one attached hydrogen (secondary N) is 2. The second kappa shape index (κ2) is 11.9. The minimum Gasteiger partial charge on any atom is -0.493 e. The number of pyridine rings is 1. The Kier molecular flexibility index (Phi) is 8.94. The SMILES string of the molecule is COCCCNC(=S)N(Cc1ccc(Cl)cc1)Cc1cc2cc(OC)c(OC)cc2[nH]c1=O. The van der Waals surface area contributed by atoms with Crippen LogP contribution in [-0.4, -0.2) is 49.5 Å². The molecule has 2 aromatic carbocycles. The largest absolute Gasteiger partial charge is 0.493 e. The molecule has 7 nitrogen and oxygen atoms in total. The fourth-order valence-corrected chi connectivity index (χ4v) is 3.79. The van der Waals surface area contributed by atoms with Crippen molar-refractivity contribution in [3.8, 4) is 11.5 Å². The molecule has 0 saturated heterocycles. The highest BCUT2D eigenvalue weighted by atomic mass is 35.5. The van der Waals surface area contributed by atoms with E-state index >= 15 is 0 Å². The first-order chi connectivity index (χ1) is 15.9. The number of aromatic nitrogens is 1. The summed E-state index contributed by atoms with van der Waals surface area (Å²) in [5.74, 6) is 1.15. The number of hydrogen-bond donors (Lipinski definition) is 2. The van der Waals surface area contributed by atoms with Crippen molar-refractivity contribution in [2.24, 2.45) is 0 Å². The zero-order chi connectivity index (χ0) is 23.8. The maximum atomic E-state index is 12.9. The summed E-state index contributed by atoms with van der Waals surface area (Å²) in [5.41, 5.74) is 2.11. The van der Waals surface area contributed by atoms with Gasteiger partial charge in [0.25, 0.3) is 5.56 Å². The number of methoxy groups -OCH3 is 3. The van der Waals surface area contributed by atoms with Crippen LogP contribution in [0, 0.1) is 0 Å². The highest BCUT2D eigenvalue weighted by Gasteiger charge is 2.15. The summed E-state index contributed by atoms with van der Waals surface area (Å²) in [6.45, 7) is 2.17. The van der Waals surface area contributed by atoms with E-state index in [0.29, 0.717) is 59.0 Å². The topological polar surface area (TPSA) is 75.8 Å². The lowest BCUT2D eigenvalue weighted by molar-refractivity contribution is 0.195. The lowest BCUT2D eigenvalue weighted by Gasteiger charge is -2.26. The molecule has 2 N–H and O–H groups in total. The van der Waals surface area contributed by atoms with Crippen molar-refractivity contribution in [1.82, 2.24) is 15.2 Å². The zero-order valence-corrected chi connectivity index (χ0v) is 20.5. The maximum Gasteiger partial charge on any atom is 0.253 e. The van der Waals surface area contributed by atoms with Crippen molar-refractivity contribution < 1.29 is 14.2 Å². The molecule has 176 valence electrons. The minimum atomic E-state index is -0.182. The van der Waals surface area contributed by atoms with Gasteiger partial charge in [0, 0.05) is 48.8 Å². The van der Waals surface area contributed by atoms with E-state index in [1.165, 1.54) is 0 Å². The van der Waals surface area contributed by atoms with E-state index < -0.39 is 0 Å². The summed E-state index contributed by atoms with van der Waals surface area (Å²) in [7, 11) is 4.81. The van der Waals surface area contributed by atoms with E-state index in [-0.39, 0.29) is 5.56 Å². The third-order valence-electron chi connectivity index (χ3n) is 5.16. The fourth-order valence-electron chi connectivity index (χ4n) is 3.43. The van der Waals surface area contributed by atoms with Crippen molar-refractivity contribution >= 4 is 39.8 Å². The second-order valence-electron chi connectivity index (χ2n) is 7.48. The highest BCUT2D eigenvalue weighted by Crippen LogP contribution is 2.31. The molecule has 1 heterocycles. The van der Waals surface area contributed by atoms with Gasteiger partial charge in [0.2, 0.25) is 0 Å². The van der Waals surface area contributed by atoms with Crippen molar-refractivity contribution in [3.05, 3.63) is 69.0 Å². The van der Waals surface area contributed by atoms with Crippen molar-refractivity contribution in [2.45, 2.75) is 19.5 Å². The molecule has 0 bridgehead atoms. The number of aromatic amines is 1. The van der Waals surface area contributed by atoms with E-state index in [2.05, 4.69) is 10.3 Å². The Morgan fingerprint density at radius 2 is 1.76 bits per heavy atom. The van der Waals surface area contributed by atoms with Gasteiger partial charge in [-0.1, -0.05) is 23.7 Å². The van der Waals surface area contributed by atoms with Crippen molar-refractivity contribution in [2.75, 3.05) is 34.5 Å². The molecule has 0 radical (unpaired) electrons. The zero-order valence-electron chi connectivity index (χ0n) is 18.9. The number of ether oxygens (including phenoxy) is 3. The molecule has 0 aliphatic carbocycles. The second-order valence-corrected chi connectivity index (χ2v) is 8.30. The van der Waals surface area contributed by atoms with Crippen LogP contribution in [0.25, 0.3) is 10.9 Å². The molecular formula is C24H28ClN3O4S. The lowest BCUT2D eigenvalue weighted by Crippen LogP contribution is -2.40. The number of fused-ring (bicyclic) bond motifs is 1.